The van der Waals surface area contributed by atoms with Crippen LogP contribution in [0.4, 0.5) is 5.13 Å². The summed E-state index contributed by atoms with van der Waals surface area (Å²) in [5.74, 6) is 1.37. The topological polar surface area (TPSA) is 66.9 Å². The molecule has 0 bridgehead atoms. The van der Waals surface area contributed by atoms with Gasteiger partial charge in [-0.2, -0.15) is 0 Å². The summed E-state index contributed by atoms with van der Waals surface area (Å²) in [5.41, 5.74) is 2.59. The number of nitrogens with one attached hydrogen (secondary N) is 1. The van der Waals surface area contributed by atoms with Gasteiger partial charge >= 0.3 is 0 Å². The molecule has 2 heterocycles. The molecule has 2 aromatic carbocycles. The first-order chi connectivity index (χ1) is 16.5. The molecule has 9 heteroatoms. The zero-order valence-corrected chi connectivity index (χ0v) is 21.2. The smallest absolute Gasteiger partial charge is 0.251 e. The summed E-state index contributed by atoms with van der Waals surface area (Å²) in [6, 6.07) is 11.4. The van der Waals surface area contributed by atoms with Gasteiger partial charge in [0.15, 0.2) is 16.6 Å². The molecule has 3 aromatic rings. The lowest BCUT2D eigenvalue weighted by Gasteiger charge is -2.34. The van der Waals surface area contributed by atoms with Crippen molar-refractivity contribution in [2.45, 2.75) is 20.0 Å². The lowest BCUT2D eigenvalue weighted by Crippen LogP contribution is -2.45. The highest BCUT2D eigenvalue weighted by Gasteiger charge is 2.20. The number of methoxy groups -OCH3 is 2. The van der Waals surface area contributed by atoms with E-state index in [1.165, 1.54) is 5.56 Å². The first kappa shape index (κ1) is 24.3. The maximum Gasteiger partial charge on any atom is 0.251 e. The van der Waals surface area contributed by atoms with E-state index in [0.717, 1.165) is 59.8 Å². The molecule has 1 amide bonds. The molecule has 0 aliphatic carbocycles. The summed E-state index contributed by atoms with van der Waals surface area (Å²) in [7, 11) is 3.31. The van der Waals surface area contributed by atoms with Gasteiger partial charge in [-0.1, -0.05) is 23.7 Å². The Hall–Kier alpha value is -2.81. The normalized spacial score (nSPS) is 14.2. The second-order valence-corrected chi connectivity index (χ2v) is 9.66. The van der Waals surface area contributed by atoms with Crippen LogP contribution in [0.1, 0.15) is 26.4 Å². The van der Waals surface area contributed by atoms with Crippen molar-refractivity contribution in [2.24, 2.45) is 0 Å². The summed E-state index contributed by atoms with van der Waals surface area (Å²) in [6.45, 7) is 6.89. The van der Waals surface area contributed by atoms with Gasteiger partial charge in [0.05, 0.1) is 20.8 Å². The monoisotopic (exact) mass is 500 g/mol. The number of piperazine rings is 1. The minimum atomic E-state index is -0.126. The molecule has 0 unspecified atom stereocenters. The van der Waals surface area contributed by atoms with Gasteiger partial charge in [-0.25, -0.2) is 4.98 Å². The van der Waals surface area contributed by atoms with Crippen LogP contribution in [-0.4, -0.2) is 56.2 Å². The number of carbonyl (C=O) groups excluding carboxylic acids is 1. The Labute approximate surface area is 209 Å². The van der Waals surface area contributed by atoms with E-state index < -0.39 is 0 Å². The molecule has 1 aliphatic heterocycles. The second-order valence-electron chi connectivity index (χ2n) is 8.16. The maximum atomic E-state index is 12.5. The lowest BCUT2D eigenvalue weighted by atomic mass is 10.1. The second kappa shape index (κ2) is 11.1. The number of ether oxygens (including phenoxy) is 2. The van der Waals surface area contributed by atoms with Crippen LogP contribution in [0.2, 0.25) is 5.02 Å². The van der Waals surface area contributed by atoms with Gasteiger partial charge in [-0.15, -0.1) is 11.3 Å². The number of hydrogen-bond acceptors (Lipinski definition) is 7. The lowest BCUT2D eigenvalue weighted by molar-refractivity contribution is 0.0950. The van der Waals surface area contributed by atoms with E-state index in [1.54, 1.807) is 43.8 Å². The van der Waals surface area contributed by atoms with E-state index in [9.17, 15) is 4.79 Å². The molecule has 0 saturated carbocycles. The first-order valence-electron chi connectivity index (χ1n) is 11.1. The van der Waals surface area contributed by atoms with Crippen LogP contribution < -0.4 is 19.7 Å². The van der Waals surface area contributed by atoms with Gasteiger partial charge in [-0.3, -0.25) is 9.69 Å². The third kappa shape index (κ3) is 5.63. The highest BCUT2D eigenvalue weighted by Crippen LogP contribution is 2.29. The summed E-state index contributed by atoms with van der Waals surface area (Å²) in [5, 5.41) is 4.57. The van der Waals surface area contributed by atoms with Crippen LogP contribution in [0.15, 0.2) is 42.6 Å². The van der Waals surface area contributed by atoms with Crippen molar-refractivity contribution in [2.75, 3.05) is 45.3 Å². The van der Waals surface area contributed by atoms with Crippen LogP contribution >= 0.6 is 22.9 Å². The molecule has 4 rings (SSSR count). The summed E-state index contributed by atoms with van der Waals surface area (Å²) >= 11 is 7.76. The Bertz CT molecular complexity index is 1140. The van der Waals surface area contributed by atoms with E-state index in [-0.39, 0.29) is 5.91 Å². The van der Waals surface area contributed by atoms with Gasteiger partial charge < -0.3 is 19.7 Å². The third-order valence-electron chi connectivity index (χ3n) is 5.97. The van der Waals surface area contributed by atoms with Crippen molar-refractivity contribution in [1.29, 1.82) is 0 Å². The molecule has 1 saturated heterocycles. The van der Waals surface area contributed by atoms with E-state index >= 15 is 0 Å². The Morgan fingerprint density at radius 3 is 2.62 bits per heavy atom. The summed E-state index contributed by atoms with van der Waals surface area (Å²) in [4.78, 5) is 22.9. The molecule has 0 radical (unpaired) electrons. The zero-order valence-electron chi connectivity index (χ0n) is 19.6. The fourth-order valence-corrected chi connectivity index (χ4v) is 5.05. The molecule has 1 fully saturated rings. The van der Waals surface area contributed by atoms with E-state index in [2.05, 4.69) is 26.2 Å². The van der Waals surface area contributed by atoms with E-state index in [1.807, 2.05) is 25.3 Å². The van der Waals surface area contributed by atoms with Gasteiger partial charge in [0.2, 0.25) is 0 Å². The van der Waals surface area contributed by atoms with Gasteiger partial charge in [0.25, 0.3) is 5.91 Å². The number of rotatable bonds is 8. The van der Waals surface area contributed by atoms with Crippen LogP contribution in [-0.2, 0) is 13.1 Å². The van der Waals surface area contributed by atoms with Crippen molar-refractivity contribution in [3.63, 3.8) is 0 Å². The predicted molar refractivity (Wildman–Crippen MR) is 137 cm³/mol. The van der Waals surface area contributed by atoms with Crippen molar-refractivity contribution >= 4 is 34.0 Å². The molecule has 34 heavy (non-hydrogen) atoms. The number of anilines is 1. The number of nitrogens with zero attached hydrogens (tertiary/aromatic N) is 3. The SMILES string of the molecule is COc1ccc(CN2CCN(c3ncc(CNC(=O)c4cccc(Cl)c4C)s3)CC2)cc1OC. The number of amides is 1. The zero-order chi connectivity index (χ0) is 24.1. The van der Waals surface area contributed by atoms with Crippen LogP contribution in [0.5, 0.6) is 11.5 Å². The Kier molecular flexibility index (Phi) is 7.92. The Morgan fingerprint density at radius 2 is 1.88 bits per heavy atom. The molecule has 7 nitrogen and oxygen atoms in total. The van der Waals surface area contributed by atoms with Crippen molar-refractivity contribution in [3.8, 4) is 11.5 Å². The van der Waals surface area contributed by atoms with Crippen LogP contribution in [0, 0.1) is 6.92 Å². The average molecular weight is 501 g/mol. The van der Waals surface area contributed by atoms with Gasteiger partial charge in [0, 0.05) is 54.4 Å². The van der Waals surface area contributed by atoms with Crippen molar-refractivity contribution < 1.29 is 14.3 Å². The number of thiazole rings is 1. The molecule has 1 aromatic heterocycles. The van der Waals surface area contributed by atoms with E-state index in [0.29, 0.717) is 17.1 Å². The average Bonchev–Trinajstić information content (AvgIpc) is 3.33. The number of halogens is 1. The third-order valence-corrected chi connectivity index (χ3v) is 7.44. The molecular formula is C25H29ClN4O3S. The number of hydrogen-bond donors (Lipinski definition) is 1. The summed E-state index contributed by atoms with van der Waals surface area (Å²) < 4.78 is 10.8. The first-order valence-corrected chi connectivity index (χ1v) is 12.3. The van der Waals surface area contributed by atoms with Crippen molar-refractivity contribution in [3.05, 3.63) is 69.2 Å². The summed E-state index contributed by atoms with van der Waals surface area (Å²) in [6.07, 6.45) is 1.85. The largest absolute Gasteiger partial charge is 0.493 e. The minimum absolute atomic E-state index is 0.126. The van der Waals surface area contributed by atoms with Gasteiger partial charge in [0.1, 0.15) is 0 Å². The molecule has 0 spiro atoms. The predicted octanol–water partition coefficient (Wildman–Crippen LogP) is 4.37. The fraction of sp³-hybridized carbons (Fsp3) is 0.360. The van der Waals surface area contributed by atoms with Gasteiger partial charge in [-0.05, 0) is 42.3 Å². The highest BCUT2D eigenvalue weighted by molar-refractivity contribution is 7.15. The molecular weight excluding hydrogens is 472 g/mol. The van der Waals surface area contributed by atoms with Crippen LogP contribution in [0.25, 0.3) is 0 Å². The van der Waals surface area contributed by atoms with Crippen molar-refractivity contribution in [1.82, 2.24) is 15.2 Å². The molecule has 1 N–H and O–H groups in total. The number of carbonyl (C=O) groups is 1. The van der Waals surface area contributed by atoms with E-state index in [4.69, 9.17) is 21.1 Å². The highest BCUT2D eigenvalue weighted by atomic mass is 35.5. The molecule has 1 aliphatic rings. The standard InChI is InChI=1S/C25H29ClN4O3S/c1-17-20(5-4-6-21(17)26)24(31)27-14-19-15-28-25(34-19)30-11-9-29(10-12-30)16-18-7-8-22(32-2)23(13-18)33-3/h4-8,13,15H,9-12,14,16H2,1-3H3,(H,27,31). The fourth-order valence-electron chi connectivity index (χ4n) is 3.98. The quantitative estimate of drug-likeness (QED) is 0.495. The van der Waals surface area contributed by atoms with Crippen LogP contribution in [0.3, 0.4) is 0 Å². The molecule has 180 valence electrons. The minimum Gasteiger partial charge on any atom is -0.493 e. The number of benzene rings is 2. The Balaban J connectivity index is 1.28. The Morgan fingerprint density at radius 1 is 1.12 bits per heavy atom. The maximum absolute atomic E-state index is 12.5. The number of aromatic nitrogens is 1. The molecule has 0 atom stereocenters.